The fourth-order valence-electron chi connectivity index (χ4n) is 2.74. The van der Waals surface area contributed by atoms with Gasteiger partial charge in [-0.15, -0.1) is 0 Å². The van der Waals surface area contributed by atoms with Crippen LogP contribution in [0.3, 0.4) is 0 Å². The molecule has 0 radical (unpaired) electrons. The minimum atomic E-state index is -3.85. The minimum Gasteiger partial charge on any atom is -0.462 e. The quantitative estimate of drug-likeness (QED) is 0.533. The molecule has 1 N–H and O–H groups in total. The van der Waals surface area contributed by atoms with Crippen molar-refractivity contribution in [3.05, 3.63) is 82.4 Å². The number of halogens is 1. The number of carbonyl (C=O) groups excluding carboxylic acids is 1. The first-order valence-electron chi connectivity index (χ1n) is 9.41. The Bertz CT molecular complexity index is 1220. The molecular formula is C21H20FN3O5S. The smallest absolute Gasteiger partial charge is 0.338 e. The number of nitrogens with zero attached hydrogens (tertiary/aromatic N) is 2. The number of hydrogen-bond donors (Lipinski definition) is 1. The monoisotopic (exact) mass is 445 g/mol. The molecule has 0 fully saturated rings. The van der Waals surface area contributed by atoms with Gasteiger partial charge in [-0.3, -0.25) is 4.79 Å². The van der Waals surface area contributed by atoms with E-state index >= 15 is 0 Å². The molecule has 162 valence electrons. The average molecular weight is 445 g/mol. The van der Waals surface area contributed by atoms with Crippen LogP contribution in [0.1, 0.15) is 17.3 Å². The summed E-state index contributed by atoms with van der Waals surface area (Å²) >= 11 is 0. The third-order valence-electron chi connectivity index (χ3n) is 4.30. The Kier molecular flexibility index (Phi) is 6.93. The molecule has 0 aliphatic carbocycles. The lowest BCUT2D eigenvalue weighted by molar-refractivity contribution is 0.0526. The maximum absolute atomic E-state index is 13.1. The van der Waals surface area contributed by atoms with E-state index in [0.717, 1.165) is 4.68 Å². The van der Waals surface area contributed by atoms with Crippen LogP contribution in [0.2, 0.25) is 0 Å². The Morgan fingerprint density at radius 1 is 1.06 bits per heavy atom. The average Bonchev–Trinajstić information content (AvgIpc) is 2.76. The van der Waals surface area contributed by atoms with Crippen LogP contribution in [0, 0.1) is 5.82 Å². The summed E-state index contributed by atoms with van der Waals surface area (Å²) < 4.78 is 46.4. The first-order chi connectivity index (χ1) is 14.8. The SMILES string of the molecule is CCOC(=O)c1ccc(S(=O)(=O)NCCn2nc(-c3ccc(F)cc3)ccc2=O)cc1. The number of hydrogen-bond acceptors (Lipinski definition) is 6. The van der Waals surface area contributed by atoms with Gasteiger partial charge < -0.3 is 4.74 Å². The van der Waals surface area contributed by atoms with Crippen LogP contribution in [0.5, 0.6) is 0 Å². The summed E-state index contributed by atoms with van der Waals surface area (Å²) in [6.07, 6.45) is 0. The van der Waals surface area contributed by atoms with Gasteiger partial charge in [0, 0.05) is 18.2 Å². The van der Waals surface area contributed by atoms with E-state index in [-0.39, 0.29) is 36.0 Å². The van der Waals surface area contributed by atoms with Crippen molar-refractivity contribution in [3.8, 4) is 11.3 Å². The Hall–Kier alpha value is -3.37. The summed E-state index contributed by atoms with van der Waals surface area (Å²) in [5.41, 5.74) is 0.924. The van der Waals surface area contributed by atoms with Crippen molar-refractivity contribution in [2.24, 2.45) is 0 Å². The fraction of sp³-hybridized carbons (Fsp3) is 0.190. The molecule has 31 heavy (non-hydrogen) atoms. The van der Waals surface area contributed by atoms with Gasteiger partial charge in [0.25, 0.3) is 5.56 Å². The van der Waals surface area contributed by atoms with Crippen molar-refractivity contribution in [1.29, 1.82) is 0 Å². The third-order valence-corrected chi connectivity index (χ3v) is 5.77. The molecule has 0 saturated carbocycles. The van der Waals surface area contributed by atoms with Crippen molar-refractivity contribution in [2.45, 2.75) is 18.4 Å². The highest BCUT2D eigenvalue weighted by atomic mass is 32.2. The lowest BCUT2D eigenvalue weighted by Crippen LogP contribution is -2.32. The molecule has 0 saturated heterocycles. The van der Waals surface area contributed by atoms with E-state index in [2.05, 4.69) is 9.82 Å². The second-order valence-electron chi connectivity index (χ2n) is 6.43. The second-order valence-corrected chi connectivity index (χ2v) is 8.20. The van der Waals surface area contributed by atoms with Gasteiger partial charge in [0.05, 0.1) is 29.3 Å². The van der Waals surface area contributed by atoms with E-state index in [0.29, 0.717) is 11.3 Å². The summed E-state index contributed by atoms with van der Waals surface area (Å²) in [7, 11) is -3.85. The number of sulfonamides is 1. The summed E-state index contributed by atoms with van der Waals surface area (Å²) in [4.78, 5) is 23.7. The molecule has 1 aromatic heterocycles. The van der Waals surface area contributed by atoms with Crippen LogP contribution in [-0.4, -0.2) is 37.3 Å². The van der Waals surface area contributed by atoms with Crippen molar-refractivity contribution < 1.29 is 22.3 Å². The molecule has 0 bridgehead atoms. The highest BCUT2D eigenvalue weighted by Gasteiger charge is 2.15. The summed E-state index contributed by atoms with van der Waals surface area (Å²) in [6.45, 7) is 1.81. The Morgan fingerprint density at radius 2 is 1.74 bits per heavy atom. The predicted octanol–water partition coefficient (Wildman–Crippen LogP) is 2.20. The number of rotatable bonds is 8. The third kappa shape index (κ3) is 5.62. The van der Waals surface area contributed by atoms with Gasteiger partial charge in [-0.05, 0) is 61.5 Å². The van der Waals surface area contributed by atoms with E-state index in [1.807, 2.05) is 0 Å². The van der Waals surface area contributed by atoms with Crippen LogP contribution in [0.25, 0.3) is 11.3 Å². The summed E-state index contributed by atoms with van der Waals surface area (Å²) in [5, 5.41) is 4.21. The first-order valence-corrected chi connectivity index (χ1v) is 10.9. The molecule has 0 aliphatic heterocycles. The minimum absolute atomic E-state index is 0.00594. The van der Waals surface area contributed by atoms with Crippen molar-refractivity contribution in [1.82, 2.24) is 14.5 Å². The van der Waals surface area contributed by atoms with Crippen LogP contribution in [0.4, 0.5) is 4.39 Å². The summed E-state index contributed by atoms with van der Waals surface area (Å²) in [6, 6.07) is 13.8. The van der Waals surface area contributed by atoms with Crippen LogP contribution in [0.15, 0.2) is 70.4 Å². The highest BCUT2D eigenvalue weighted by molar-refractivity contribution is 7.89. The molecule has 3 rings (SSSR count). The zero-order chi connectivity index (χ0) is 22.4. The number of aromatic nitrogens is 2. The molecule has 0 aliphatic rings. The molecule has 0 unspecified atom stereocenters. The van der Waals surface area contributed by atoms with Crippen LogP contribution >= 0.6 is 0 Å². The fourth-order valence-corrected chi connectivity index (χ4v) is 3.76. The maximum Gasteiger partial charge on any atom is 0.338 e. The van der Waals surface area contributed by atoms with E-state index in [1.54, 1.807) is 6.92 Å². The molecule has 1 heterocycles. The molecule has 0 atom stereocenters. The van der Waals surface area contributed by atoms with E-state index < -0.39 is 21.6 Å². The maximum atomic E-state index is 13.1. The molecule has 0 amide bonds. The van der Waals surface area contributed by atoms with Crippen molar-refractivity contribution >= 4 is 16.0 Å². The number of esters is 1. The zero-order valence-electron chi connectivity index (χ0n) is 16.6. The Labute approximate surface area is 178 Å². The van der Waals surface area contributed by atoms with E-state index in [4.69, 9.17) is 4.74 Å². The lowest BCUT2D eigenvalue weighted by atomic mass is 10.1. The number of nitrogens with one attached hydrogen (secondary N) is 1. The van der Waals surface area contributed by atoms with Crippen molar-refractivity contribution in [2.75, 3.05) is 13.2 Å². The molecule has 10 heteroatoms. The van der Waals surface area contributed by atoms with Crippen LogP contribution in [-0.2, 0) is 21.3 Å². The first kappa shape index (κ1) is 22.3. The predicted molar refractivity (Wildman–Crippen MR) is 111 cm³/mol. The highest BCUT2D eigenvalue weighted by Crippen LogP contribution is 2.15. The molecule has 2 aromatic carbocycles. The number of carbonyl (C=O) groups is 1. The standard InChI is InChI=1S/C21H20FN3O5S/c1-2-30-21(27)16-5-9-18(10-6-16)31(28,29)23-13-14-25-20(26)12-11-19(24-25)15-3-7-17(22)8-4-15/h3-12,23H,2,13-14H2,1H3. The molecular weight excluding hydrogens is 425 g/mol. The van der Waals surface area contributed by atoms with Gasteiger partial charge in [0.15, 0.2) is 0 Å². The Balaban J connectivity index is 1.67. The van der Waals surface area contributed by atoms with Crippen molar-refractivity contribution in [3.63, 3.8) is 0 Å². The second kappa shape index (κ2) is 9.63. The van der Waals surface area contributed by atoms with Gasteiger partial charge in [0.1, 0.15) is 5.82 Å². The molecule has 3 aromatic rings. The largest absolute Gasteiger partial charge is 0.462 e. The Morgan fingerprint density at radius 3 is 2.39 bits per heavy atom. The van der Waals surface area contributed by atoms with E-state index in [9.17, 15) is 22.4 Å². The molecule has 0 spiro atoms. The number of ether oxygens (including phenoxy) is 1. The van der Waals surface area contributed by atoms with Gasteiger partial charge in [-0.25, -0.2) is 27.0 Å². The van der Waals surface area contributed by atoms with Gasteiger partial charge in [-0.1, -0.05) is 0 Å². The topological polar surface area (TPSA) is 107 Å². The number of benzene rings is 2. The molecule has 8 nitrogen and oxygen atoms in total. The van der Waals surface area contributed by atoms with Gasteiger partial charge >= 0.3 is 5.97 Å². The normalized spacial score (nSPS) is 11.3. The van der Waals surface area contributed by atoms with Gasteiger partial charge in [-0.2, -0.15) is 5.10 Å². The zero-order valence-corrected chi connectivity index (χ0v) is 17.4. The lowest BCUT2D eigenvalue weighted by Gasteiger charge is -2.10. The van der Waals surface area contributed by atoms with Gasteiger partial charge in [0.2, 0.25) is 10.0 Å². The van der Waals surface area contributed by atoms with Crippen LogP contribution < -0.4 is 10.3 Å². The summed E-state index contributed by atoms with van der Waals surface area (Å²) in [5.74, 6) is -0.923. The van der Waals surface area contributed by atoms with E-state index in [1.165, 1.54) is 60.7 Å².